The van der Waals surface area contributed by atoms with Crippen LogP contribution >= 0.6 is 0 Å². The van der Waals surface area contributed by atoms with Gasteiger partial charge in [0.25, 0.3) is 0 Å². The van der Waals surface area contributed by atoms with Crippen molar-refractivity contribution in [1.82, 2.24) is 9.71 Å². The van der Waals surface area contributed by atoms with E-state index in [0.717, 1.165) is 29.5 Å². The third-order valence-corrected chi connectivity index (χ3v) is 8.28. The first-order chi connectivity index (χ1) is 19.3. The van der Waals surface area contributed by atoms with E-state index in [4.69, 9.17) is 0 Å². The maximum absolute atomic E-state index is 13.1. The number of halogens is 1. The third-order valence-electron chi connectivity index (χ3n) is 6.79. The lowest BCUT2D eigenvalue weighted by Crippen LogP contribution is -2.27. The minimum absolute atomic E-state index is 0.245. The lowest BCUT2D eigenvalue weighted by Gasteiger charge is -2.17. The number of nitrogens with zero attached hydrogens (tertiary/aromatic N) is 1. The van der Waals surface area contributed by atoms with Gasteiger partial charge < -0.3 is 10.6 Å². The van der Waals surface area contributed by atoms with E-state index >= 15 is 0 Å². The second kappa shape index (κ2) is 11.8. The summed E-state index contributed by atoms with van der Waals surface area (Å²) >= 11 is 0. The summed E-state index contributed by atoms with van der Waals surface area (Å²) in [5, 5.41) is 6.06. The number of carbonyl (C=O) groups is 1. The number of benzene rings is 3. The third kappa shape index (κ3) is 6.44. The van der Waals surface area contributed by atoms with E-state index in [-0.39, 0.29) is 22.7 Å². The molecule has 1 unspecified atom stereocenters. The number of amides is 1. The molecule has 1 aromatic heterocycles. The zero-order valence-corrected chi connectivity index (χ0v) is 22.7. The van der Waals surface area contributed by atoms with Gasteiger partial charge in [-0.3, -0.25) is 4.79 Å². The minimum atomic E-state index is -3.69. The molecule has 204 valence electrons. The molecule has 3 aromatic carbocycles. The average molecular weight is 557 g/mol. The Kier molecular flexibility index (Phi) is 8.04. The van der Waals surface area contributed by atoms with Crippen LogP contribution in [0.25, 0.3) is 6.08 Å². The number of hydrogen-bond donors (Lipinski definition) is 3. The molecule has 1 aliphatic carbocycles. The van der Waals surface area contributed by atoms with E-state index in [2.05, 4.69) is 20.3 Å². The Morgan fingerprint density at radius 2 is 1.82 bits per heavy atom. The van der Waals surface area contributed by atoms with Gasteiger partial charge in [-0.15, -0.1) is 0 Å². The van der Waals surface area contributed by atoms with Crippen molar-refractivity contribution in [2.45, 2.75) is 37.1 Å². The van der Waals surface area contributed by atoms with Crippen molar-refractivity contribution >= 4 is 39.2 Å². The standard InChI is InChI=1S/C31H29FN4O3S/c1-2-21-7-15-26(16-8-21)40(38,39)36-28-17-11-23-10-14-25(20-27(23)28)34-31-29(4-3-19-33-31)35-30(37)18-9-22-5-12-24(32)13-6-22/h3-10,12-16,18-20,28,36H,2,11,17H2,1H3,(H,33,34)(H,35,37). The smallest absolute Gasteiger partial charge is 0.248 e. The first-order valence-electron chi connectivity index (χ1n) is 13.0. The molecule has 40 heavy (non-hydrogen) atoms. The van der Waals surface area contributed by atoms with E-state index in [1.165, 1.54) is 18.2 Å². The van der Waals surface area contributed by atoms with Crippen LogP contribution in [-0.2, 0) is 27.7 Å². The van der Waals surface area contributed by atoms with Crippen molar-refractivity contribution in [2.75, 3.05) is 10.6 Å². The summed E-state index contributed by atoms with van der Waals surface area (Å²) < 4.78 is 42.1. The Hall–Kier alpha value is -4.34. The summed E-state index contributed by atoms with van der Waals surface area (Å²) in [6.07, 6.45) is 6.84. The minimum Gasteiger partial charge on any atom is -0.338 e. The number of nitrogens with one attached hydrogen (secondary N) is 3. The first kappa shape index (κ1) is 27.2. The van der Waals surface area contributed by atoms with E-state index in [0.29, 0.717) is 29.2 Å². The average Bonchev–Trinajstić information content (AvgIpc) is 3.35. The second-order valence-corrected chi connectivity index (χ2v) is 11.2. The van der Waals surface area contributed by atoms with Crippen LogP contribution < -0.4 is 15.4 Å². The predicted octanol–water partition coefficient (Wildman–Crippen LogP) is 6.14. The number of sulfonamides is 1. The van der Waals surface area contributed by atoms with Gasteiger partial charge >= 0.3 is 0 Å². The molecule has 1 atom stereocenters. The van der Waals surface area contributed by atoms with E-state index in [9.17, 15) is 17.6 Å². The summed E-state index contributed by atoms with van der Waals surface area (Å²) in [5.74, 6) is -0.266. The van der Waals surface area contributed by atoms with Crippen LogP contribution in [0, 0.1) is 5.82 Å². The topological polar surface area (TPSA) is 100 Å². The number of carbonyl (C=O) groups excluding carboxylic acids is 1. The van der Waals surface area contributed by atoms with Crippen LogP contribution in [0.5, 0.6) is 0 Å². The lowest BCUT2D eigenvalue weighted by atomic mass is 10.1. The highest BCUT2D eigenvalue weighted by molar-refractivity contribution is 7.89. The van der Waals surface area contributed by atoms with Crippen LogP contribution in [-0.4, -0.2) is 19.3 Å². The first-order valence-corrected chi connectivity index (χ1v) is 14.5. The number of hydrogen-bond acceptors (Lipinski definition) is 5. The maximum Gasteiger partial charge on any atom is 0.248 e. The molecule has 0 saturated heterocycles. The highest BCUT2D eigenvalue weighted by Crippen LogP contribution is 2.35. The fraction of sp³-hybridized carbons (Fsp3) is 0.161. The van der Waals surface area contributed by atoms with Gasteiger partial charge in [0.2, 0.25) is 15.9 Å². The zero-order valence-electron chi connectivity index (χ0n) is 21.9. The molecule has 1 aliphatic rings. The van der Waals surface area contributed by atoms with Crippen LogP contribution in [0.4, 0.5) is 21.6 Å². The van der Waals surface area contributed by atoms with Gasteiger partial charge in [0.15, 0.2) is 5.82 Å². The highest BCUT2D eigenvalue weighted by Gasteiger charge is 2.28. The molecule has 3 N–H and O–H groups in total. The fourth-order valence-electron chi connectivity index (χ4n) is 4.62. The molecule has 0 bridgehead atoms. The summed E-state index contributed by atoms with van der Waals surface area (Å²) in [4.78, 5) is 17.2. The maximum atomic E-state index is 13.1. The molecule has 1 amide bonds. The molecule has 0 fully saturated rings. The van der Waals surface area contributed by atoms with Gasteiger partial charge in [-0.1, -0.05) is 37.3 Å². The molecule has 5 rings (SSSR count). The van der Waals surface area contributed by atoms with Crippen molar-refractivity contribution in [2.24, 2.45) is 0 Å². The van der Waals surface area contributed by atoms with Crippen LogP contribution in [0.3, 0.4) is 0 Å². The van der Waals surface area contributed by atoms with Crippen LogP contribution in [0.2, 0.25) is 0 Å². The SMILES string of the molecule is CCc1ccc(S(=O)(=O)NC2CCc3ccc(Nc4ncccc4NC(=O)C=Cc4ccc(F)cc4)cc32)cc1. The van der Waals surface area contributed by atoms with Gasteiger partial charge in [-0.05, 0) is 96.1 Å². The van der Waals surface area contributed by atoms with Crippen molar-refractivity contribution in [1.29, 1.82) is 0 Å². The number of anilines is 3. The van der Waals surface area contributed by atoms with Crippen molar-refractivity contribution < 1.29 is 17.6 Å². The lowest BCUT2D eigenvalue weighted by molar-refractivity contribution is -0.111. The Bertz CT molecular complexity index is 1650. The molecular weight excluding hydrogens is 527 g/mol. The molecule has 4 aromatic rings. The van der Waals surface area contributed by atoms with Crippen molar-refractivity contribution in [3.8, 4) is 0 Å². The normalized spacial score (nSPS) is 14.7. The molecular formula is C31H29FN4O3S. The zero-order chi connectivity index (χ0) is 28.1. The van der Waals surface area contributed by atoms with E-state index < -0.39 is 10.0 Å². The molecule has 7 nitrogen and oxygen atoms in total. The summed E-state index contributed by atoms with van der Waals surface area (Å²) in [6.45, 7) is 2.03. The largest absolute Gasteiger partial charge is 0.338 e. The predicted molar refractivity (Wildman–Crippen MR) is 155 cm³/mol. The van der Waals surface area contributed by atoms with Gasteiger partial charge in [0, 0.05) is 24.0 Å². The molecule has 0 saturated carbocycles. The molecule has 0 radical (unpaired) electrons. The Balaban J connectivity index is 1.30. The Morgan fingerprint density at radius 1 is 1.05 bits per heavy atom. The monoisotopic (exact) mass is 556 g/mol. The number of pyridine rings is 1. The van der Waals surface area contributed by atoms with E-state index in [1.54, 1.807) is 48.7 Å². The highest BCUT2D eigenvalue weighted by atomic mass is 32.2. The van der Waals surface area contributed by atoms with Crippen LogP contribution in [0.1, 0.15) is 41.6 Å². The summed E-state index contributed by atoms with van der Waals surface area (Å²) in [5.41, 5.74) is 4.96. The van der Waals surface area contributed by atoms with E-state index in [1.807, 2.05) is 37.3 Å². The number of aryl methyl sites for hydroxylation is 2. The Morgan fingerprint density at radius 3 is 2.58 bits per heavy atom. The summed E-state index contributed by atoms with van der Waals surface area (Å²) in [7, 11) is -3.69. The van der Waals surface area contributed by atoms with Crippen molar-refractivity contribution in [3.63, 3.8) is 0 Å². The van der Waals surface area contributed by atoms with Gasteiger partial charge in [-0.25, -0.2) is 22.5 Å². The number of rotatable bonds is 9. The molecule has 1 heterocycles. The number of fused-ring (bicyclic) bond motifs is 1. The van der Waals surface area contributed by atoms with Gasteiger partial charge in [0.05, 0.1) is 10.6 Å². The quantitative estimate of drug-likeness (QED) is 0.215. The Labute approximate surface area is 233 Å². The molecule has 9 heteroatoms. The van der Waals surface area contributed by atoms with Gasteiger partial charge in [0.1, 0.15) is 5.82 Å². The van der Waals surface area contributed by atoms with Gasteiger partial charge in [-0.2, -0.15) is 0 Å². The number of aromatic nitrogens is 1. The molecule has 0 aliphatic heterocycles. The fourth-order valence-corrected chi connectivity index (χ4v) is 5.87. The summed E-state index contributed by atoms with van der Waals surface area (Å²) in [6, 6.07) is 21.7. The second-order valence-electron chi connectivity index (χ2n) is 9.52. The van der Waals surface area contributed by atoms with Crippen molar-refractivity contribution in [3.05, 3.63) is 119 Å². The molecule has 0 spiro atoms. The van der Waals surface area contributed by atoms with Crippen LogP contribution in [0.15, 0.2) is 96.0 Å².